The number of rotatable bonds is 4. The molecule has 140 valence electrons. The molecule has 0 aromatic rings. The SMILES string of the molecule is CC(C)C1(C2CCC3C(O[Si](C)(C)C(C)(C)C)CCCC32C)CC1. The summed E-state index contributed by atoms with van der Waals surface area (Å²) in [6.45, 7) is 19.7. The Kier molecular flexibility index (Phi) is 4.61. The fraction of sp³-hybridized carbons (Fsp3) is 1.00. The molecular weight excluding hydrogens is 308 g/mol. The smallest absolute Gasteiger partial charge is 0.192 e. The molecule has 3 saturated carbocycles. The largest absolute Gasteiger partial charge is 0.414 e. The van der Waals surface area contributed by atoms with Gasteiger partial charge in [-0.15, -0.1) is 0 Å². The minimum absolute atomic E-state index is 0.328. The highest BCUT2D eigenvalue weighted by molar-refractivity contribution is 6.74. The van der Waals surface area contributed by atoms with Crippen LogP contribution in [0.3, 0.4) is 0 Å². The zero-order valence-electron chi connectivity index (χ0n) is 17.7. The Hall–Kier alpha value is 0.177. The van der Waals surface area contributed by atoms with Gasteiger partial charge in [0, 0.05) is 6.10 Å². The predicted molar refractivity (Wildman–Crippen MR) is 107 cm³/mol. The molecule has 0 saturated heterocycles. The lowest BCUT2D eigenvalue weighted by Gasteiger charge is -2.51. The zero-order valence-corrected chi connectivity index (χ0v) is 18.7. The minimum Gasteiger partial charge on any atom is -0.414 e. The van der Waals surface area contributed by atoms with E-state index < -0.39 is 8.32 Å². The quantitative estimate of drug-likeness (QED) is 0.494. The normalized spacial score (nSPS) is 39.1. The minimum atomic E-state index is -1.66. The summed E-state index contributed by atoms with van der Waals surface area (Å²) >= 11 is 0. The van der Waals surface area contributed by atoms with Crippen LogP contribution < -0.4 is 0 Å². The monoisotopic (exact) mass is 350 g/mol. The van der Waals surface area contributed by atoms with Crippen molar-refractivity contribution in [2.45, 2.75) is 111 Å². The van der Waals surface area contributed by atoms with E-state index in [4.69, 9.17) is 4.43 Å². The van der Waals surface area contributed by atoms with Crippen molar-refractivity contribution in [3.63, 3.8) is 0 Å². The van der Waals surface area contributed by atoms with Gasteiger partial charge in [0.05, 0.1) is 0 Å². The second kappa shape index (κ2) is 5.84. The van der Waals surface area contributed by atoms with E-state index in [1.807, 2.05) is 0 Å². The molecule has 0 aromatic carbocycles. The molecule has 1 nitrogen and oxygen atoms in total. The summed E-state index contributed by atoms with van der Waals surface area (Å²) in [4.78, 5) is 0. The highest BCUT2D eigenvalue weighted by atomic mass is 28.4. The third-order valence-electron chi connectivity index (χ3n) is 8.99. The van der Waals surface area contributed by atoms with Crippen LogP contribution in [0.5, 0.6) is 0 Å². The molecule has 3 aliphatic rings. The van der Waals surface area contributed by atoms with Crippen molar-refractivity contribution >= 4 is 8.32 Å². The molecule has 0 N–H and O–H groups in total. The molecule has 0 aliphatic heterocycles. The molecule has 3 fully saturated rings. The molecule has 0 heterocycles. The Balaban J connectivity index is 1.80. The first-order valence-electron chi connectivity index (χ1n) is 10.6. The summed E-state index contributed by atoms with van der Waals surface area (Å²) in [6, 6.07) is 0. The molecule has 0 spiro atoms. The molecule has 0 aromatic heterocycles. The fourth-order valence-corrected chi connectivity index (χ4v) is 7.63. The average Bonchev–Trinajstić information content (AvgIpc) is 3.15. The highest BCUT2D eigenvalue weighted by Gasteiger charge is 2.63. The van der Waals surface area contributed by atoms with Crippen molar-refractivity contribution < 1.29 is 4.43 Å². The van der Waals surface area contributed by atoms with Gasteiger partial charge in [0.2, 0.25) is 0 Å². The maximum atomic E-state index is 7.00. The Morgan fingerprint density at radius 3 is 2.12 bits per heavy atom. The maximum absolute atomic E-state index is 7.00. The number of hydrogen-bond acceptors (Lipinski definition) is 1. The molecule has 3 aliphatic carbocycles. The van der Waals surface area contributed by atoms with E-state index in [9.17, 15) is 0 Å². The summed E-state index contributed by atoms with van der Waals surface area (Å²) in [5.74, 6) is 2.64. The van der Waals surface area contributed by atoms with Gasteiger partial charge in [-0.25, -0.2) is 0 Å². The Labute approximate surface area is 152 Å². The number of hydrogen-bond donors (Lipinski definition) is 0. The van der Waals surface area contributed by atoms with Crippen LogP contribution >= 0.6 is 0 Å². The van der Waals surface area contributed by atoms with Crippen LogP contribution in [0.2, 0.25) is 18.1 Å². The van der Waals surface area contributed by atoms with E-state index in [1.54, 1.807) is 0 Å². The van der Waals surface area contributed by atoms with Crippen LogP contribution in [0, 0.1) is 28.6 Å². The average molecular weight is 351 g/mol. The van der Waals surface area contributed by atoms with Crippen molar-refractivity contribution in [3.05, 3.63) is 0 Å². The molecule has 0 amide bonds. The van der Waals surface area contributed by atoms with Crippen LogP contribution in [-0.4, -0.2) is 14.4 Å². The van der Waals surface area contributed by atoms with Gasteiger partial charge < -0.3 is 4.43 Å². The van der Waals surface area contributed by atoms with Crippen molar-refractivity contribution in [2.24, 2.45) is 28.6 Å². The first-order chi connectivity index (χ1) is 10.9. The molecular formula is C22H42OSi. The van der Waals surface area contributed by atoms with Crippen molar-refractivity contribution in [2.75, 3.05) is 0 Å². The first kappa shape index (κ1) is 19.0. The molecule has 0 bridgehead atoms. The maximum Gasteiger partial charge on any atom is 0.192 e. The summed E-state index contributed by atoms with van der Waals surface area (Å²) < 4.78 is 7.00. The highest BCUT2D eigenvalue weighted by Crippen LogP contribution is 2.70. The van der Waals surface area contributed by atoms with E-state index in [1.165, 1.54) is 44.9 Å². The summed E-state index contributed by atoms with van der Waals surface area (Å²) in [5, 5.41) is 0.328. The predicted octanol–water partition coefficient (Wildman–Crippen LogP) is 7.03. The van der Waals surface area contributed by atoms with Gasteiger partial charge >= 0.3 is 0 Å². The summed E-state index contributed by atoms with van der Waals surface area (Å²) in [5.41, 5.74) is 1.23. The van der Waals surface area contributed by atoms with E-state index in [0.717, 1.165) is 17.8 Å². The van der Waals surface area contributed by atoms with Crippen molar-refractivity contribution in [1.29, 1.82) is 0 Å². The fourth-order valence-electron chi connectivity index (χ4n) is 6.23. The van der Waals surface area contributed by atoms with E-state index in [0.29, 0.717) is 22.0 Å². The summed E-state index contributed by atoms with van der Waals surface area (Å²) in [7, 11) is -1.66. The molecule has 4 unspecified atom stereocenters. The van der Waals surface area contributed by atoms with Crippen LogP contribution in [0.4, 0.5) is 0 Å². The van der Waals surface area contributed by atoms with Gasteiger partial charge in [-0.1, -0.05) is 48.0 Å². The standard InChI is InChI=1S/C22H42OSi/c1-16(2)22(14-15-22)19-12-11-17-18(10-9-13-21(17,19)6)23-24(7,8)20(3,4)5/h16-19H,9-15H2,1-8H3. The molecule has 3 rings (SSSR count). The van der Waals surface area contributed by atoms with E-state index in [2.05, 4.69) is 54.6 Å². The van der Waals surface area contributed by atoms with Crippen LogP contribution in [0.25, 0.3) is 0 Å². The van der Waals surface area contributed by atoms with Crippen LogP contribution in [-0.2, 0) is 4.43 Å². The van der Waals surface area contributed by atoms with Crippen molar-refractivity contribution in [1.82, 2.24) is 0 Å². The lowest BCUT2D eigenvalue weighted by Crippen LogP contribution is -2.50. The van der Waals surface area contributed by atoms with Crippen LogP contribution in [0.15, 0.2) is 0 Å². The summed E-state index contributed by atoms with van der Waals surface area (Å²) in [6.07, 6.45) is 10.6. The lowest BCUT2D eigenvalue weighted by molar-refractivity contribution is -0.0327. The Morgan fingerprint density at radius 2 is 1.62 bits per heavy atom. The molecule has 24 heavy (non-hydrogen) atoms. The van der Waals surface area contributed by atoms with Gasteiger partial charge in [-0.2, -0.15) is 0 Å². The van der Waals surface area contributed by atoms with E-state index >= 15 is 0 Å². The second-order valence-electron chi connectivity index (χ2n) is 11.4. The Morgan fingerprint density at radius 1 is 1.00 bits per heavy atom. The first-order valence-corrected chi connectivity index (χ1v) is 13.5. The third kappa shape index (κ3) is 2.84. The Bertz CT molecular complexity index is 471. The van der Waals surface area contributed by atoms with Gasteiger partial charge in [0.1, 0.15) is 0 Å². The molecule has 4 atom stereocenters. The zero-order chi connectivity index (χ0) is 18.0. The number of fused-ring (bicyclic) bond motifs is 1. The topological polar surface area (TPSA) is 9.23 Å². The van der Waals surface area contributed by atoms with Gasteiger partial charge in [0.15, 0.2) is 8.32 Å². The lowest BCUT2D eigenvalue weighted by atomic mass is 9.59. The van der Waals surface area contributed by atoms with E-state index in [-0.39, 0.29) is 0 Å². The van der Waals surface area contributed by atoms with Crippen molar-refractivity contribution in [3.8, 4) is 0 Å². The second-order valence-corrected chi connectivity index (χ2v) is 16.2. The third-order valence-corrected chi connectivity index (χ3v) is 13.5. The molecule has 0 radical (unpaired) electrons. The van der Waals surface area contributed by atoms with Gasteiger partial charge in [0.25, 0.3) is 0 Å². The molecule has 2 heteroatoms. The van der Waals surface area contributed by atoms with Crippen LogP contribution in [0.1, 0.15) is 86.5 Å². The van der Waals surface area contributed by atoms with Gasteiger partial charge in [-0.3, -0.25) is 0 Å². The van der Waals surface area contributed by atoms with Gasteiger partial charge in [-0.05, 0) is 85.2 Å².